The minimum atomic E-state index is 0.928. The van der Waals surface area contributed by atoms with Crippen LogP contribution >= 0.6 is 11.3 Å². The van der Waals surface area contributed by atoms with Crippen molar-refractivity contribution in [1.82, 2.24) is 0 Å². The predicted octanol–water partition coefficient (Wildman–Crippen LogP) is 3.95. The zero-order valence-corrected chi connectivity index (χ0v) is 7.92. The van der Waals surface area contributed by atoms with Gasteiger partial charge in [-0.05, 0) is 41.8 Å². The van der Waals surface area contributed by atoms with E-state index in [0.29, 0.717) is 0 Å². The summed E-state index contributed by atoms with van der Waals surface area (Å²) in [6.45, 7) is 0. The third-order valence-electron chi connectivity index (χ3n) is 2.17. The smallest absolute Gasteiger partial charge is 0.0303 e. The molecular weight excluding hydrogens is 182 g/mol. The van der Waals surface area contributed by atoms with Crippen LogP contribution < -0.4 is 0 Å². The van der Waals surface area contributed by atoms with E-state index in [1.165, 1.54) is 10.5 Å². The van der Waals surface area contributed by atoms with Gasteiger partial charge in [-0.25, -0.2) is 0 Å². The SMILES string of the molecule is [N-]=[N+]=NC1=C(c2cccs2)CCC1. The summed E-state index contributed by atoms with van der Waals surface area (Å²) in [6, 6.07) is 4.11. The Labute approximate surface area is 80.3 Å². The van der Waals surface area contributed by atoms with Gasteiger partial charge in [0.25, 0.3) is 0 Å². The number of hydrogen-bond acceptors (Lipinski definition) is 2. The van der Waals surface area contributed by atoms with Gasteiger partial charge in [0.2, 0.25) is 0 Å². The van der Waals surface area contributed by atoms with E-state index < -0.39 is 0 Å². The summed E-state index contributed by atoms with van der Waals surface area (Å²) in [7, 11) is 0. The summed E-state index contributed by atoms with van der Waals surface area (Å²) in [5.74, 6) is 0. The van der Waals surface area contributed by atoms with Crippen LogP contribution in [0.4, 0.5) is 0 Å². The van der Waals surface area contributed by atoms with Crippen molar-refractivity contribution in [2.24, 2.45) is 5.11 Å². The van der Waals surface area contributed by atoms with Gasteiger partial charge in [0.1, 0.15) is 0 Å². The molecule has 0 fully saturated rings. The van der Waals surface area contributed by atoms with Crippen molar-refractivity contribution in [2.45, 2.75) is 19.3 Å². The van der Waals surface area contributed by atoms with E-state index in [2.05, 4.69) is 16.1 Å². The van der Waals surface area contributed by atoms with Gasteiger partial charge in [0, 0.05) is 15.5 Å². The maximum absolute atomic E-state index is 8.37. The number of nitrogens with zero attached hydrogens (tertiary/aromatic N) is 3. The lowest BCUT2D eigenvalue weighted by Crippen LogP contribution is -1.75. The fraction of sp³-hybridized carbons (Fsp3) is 0.333. The fourth-order valence-electron chi connectivity index (χ4n) is 1.61. The largest absolute Gasteiger partial charge is 0.144 e. The van der Waals surface area contributed by atoms with Crippen LogP contribution in [0, 0.1) is 0 Å². The maximum Gasteiger partial charge on any atom is 0.0303 e. The highest BCUT2D eigenvalue weighted by molar-refractivity contribution is 7.11. The first kappa shape index (κ1) is 8.35. The Hall–Kier alpha value is -1.25. The molecule has 0 aliphatic heterocycles. The molecular formula is C9H9N3S. The number of thiophene rings is 1. The Balaban J connectivity index is 2.41. The molecule has 0 aromatic carbocycles. The molecule has 0 bridgehead atoms. The zero-order valence-electron chi connectivity index (χ0n) is 7.10. The van der Waals surface area contributed by atoms with Crippen molar-refractivity contribution in [2.75, 3.05) is 0 Å². The molecule has 66 valence electrons. The Morgan fingerprint density at radius 1 is 1.46 bits per heavy atom. The molecule has 0 N–H and O–H groups in total. The molecule has 2 rings (SSSR count). The van der Waals surface area contributed by atoms with Crippen LogP contribution in [-0.4, -0.2) is 0 Å². The van der Waals surface area contributed by atoms with Crippen LogP contribution in [0.3, 0.4) is 0 Å². The summed E-state index contributed by atoms with van der Waals surface area (Å²) in [4.78, 5) is 4.10. The summed E-state index contributed by atoms with van der Waals surface area (Å²) >= 11 is 1.71. The van der Waals surface area contributed by atoms with E-state index in [0.717, 1.165) is 25.0 Å². The Bertz CT molecular complexity index is 372. The molecule has 3 nitrogen and oxygen atoms in total. The molecule has 0 atom stereocenters. The van der Waals surface area contributed by atoms with Crippen molar-refractivity contribution in [3.63, 3.8) is 0 Å². The minimum Gasteiger partial charge on any atom is -0.144 e. The van der Waals surface area contributed by atoms with E-state index in [1.54, 1.807) is 11.3 Å². The maximum atomic E-state index is 8.37. The van der Waals surface area contributed by atoms with E-state index in [4.69, 9.17) is 5.53 Å². The first-order chi connectivity index (χ1) is 6.42. The van der Waals surface area contributed by atoms with E-state index >= 15 is 0 Å². The highest BCUT2D eigenvalue weighted by atomic mass is 32.1. The lowest BCUT2D eigenvalue weighted by Gasteiger charge is -1.97. The topological polar surface area (TPSA) is 48.8 Å². The second-order valence-corrected chi connectivity index (χ2v) is 3.89. The highest BCUT2D eigenvalue weighted by Gasteiger charge is 2.15. The summed E-state index contributed by atoms with van der Waals surface area (Å²) < 4.78 is 0. The molecule has 1 aromatic rings. The predicted molar refractivity (Wildman–Crippen MR) is 54.2 cm³/mol. The van der Waals surface area contributed by atoms with Crippen molar-refractivity contribution in [3.8, 4) is 0 Å². The van der Waals surface area contributed by atoms with Crippen LogP contribution in [0.1, 0.15) is 24.1 Å². The highest BCUT2D eigenvalue weighted by Crippen LogP contribution is 2.36. The quantitative estimate of drug-likeness (QED) is 0.386. The van der Waals surface area contributed by atoms with Gasteiger partial charge in [-0.2, -0.15) is 0 Å². The van der Waals surface area contributed by atoms with Gasteiger partial charge in [0.05, 0.1) is 0 Å². The number of allylic oxidation sites excluding steroid dienone is 2. The van der Waals surface area contributed by atoms with Crippen LogP contribution in [0.5, 0.6) is 0 Å². The van der Waals surface area contributed by atoms with E-state index in [9.17, 15) is 0 Å². The summed E-state index contributed by atoms with van der Waals surface area (Å²) in [5, 5.41) is 5.78. The average molecular weight is 191 g/mol. The Morgan fingerprint density at radius 2 is 2.38 bits per heavy atom. The number of azide groups is 1. The molecule has 0 amide bonds. The molecule has 1 aliphatic carbocycles. The molecule has 1 aliphatic rings. The molecule has 1 heterocycles. The molecule has 13 heavy (non-hydrogen) atoms. The van der Waals surface area contributed by atoms with Gasteiger partial charge < -0.3 is 0 Å². The molecule has 4 heteroatoms. The third kappa shape index (κ3) is 1.59. The fourth-order valence-corrected chi connectivity index (χ4v) is 2.43. The Morgan fingerprint density at radius 3 is 3.08 bits per heavy atom. The van der Waals surface area contributed by atoms with E-state index in [1.807, 2.05) is 11.4 Å². The summed E-state index contributed by atoms with van der Waals surface area (Å²) in [6.07, 6.45) is 3.09. The molecule has 0 radical (unpaired) electrons. The van der Waals surface area contributed by atoms with Crippen molar-refractivity contribution in [3.05, 3.63) is 38.5 Å². The Kier molecular flexibility index (Phi) is 2.34. The second kappa shape index (κ2) is 3.64. The molecule has 0 saturated carbocycles. The van der Waals surface area contributed by atoms with Crippen molar-refractivity contribution >= 4 is 16.9 Å². The number of hydrogen-bond donors (Lipinski definition) is 0. The van der Waals surface area contributed by atoms with Gasteiger partial charge in [0.15, 0.2) is 0 Å². The lowest BCUT2D eigenvalue weighted by molar-refractivity contribution is 0.901. The molecule has 0 saturated heterocycles. The second-order valence-electron chi connectivity index (χ2n) is 2.95. The summed E-state index contributed by atoms with van der Waals surface area (Å²) in [5.41, 5.74) is 10.5. The monoisotopic (exact) mass is 191 g/mol. The van der Waals surface area contributed by atoms with Gasteiger partial charge in [-0.1, -0.05) is 11.2 Å². The third-order valence-corrected chi connectivity index (χ3v) is 3.10. The van der Waals surface area contributed by atoms with Crippen LogP contribution in [0.25, 0.3) is 16.0 Å². The molecule has 1 aromatic heterocycles. The van der Waals surface area contributed by atoms with Crippen molar-refractivity contribution in [1.29, 1.82) is 0 Å². The normalized spacial score (nSPS) is 16.0. The number of rotatable bonds is 2. The van der Waals surface area contributed by atoms with Gasteiger partial charge in [-0.15, -0.1) is 11.3 Å². The zero-order chi connectivity index (χ0) is 9.10. The minimum absolute atomic E-state index is 0.928. The van der Waals surface area contributed by atoms with Gasteiger partial charge in [-0.3, -0.25) is 0 Å². The first-order valence-electron chi connectivity index (χ1n) is 4.23. The standard InChI is InChI=1S/C9H9N3S/c10-12-11-8-4-1-3-7(8)9-5-2-6-13-9/h2,5-6H,1,3-4H2. The van der Waals surface area contributed by atoms with Crippen LogP contribution in [0.15, 0.2) is 28.3 Å². The van der Waals surface area contributed by atoms with Crippen molar-refractivity contribution < 1.29 is 0 Å². The van der Waals surface area contributed by atoms with Gasteiger partial charge >= 0.3 is 0 Å². The van der Waals surface area contributed by atoms with E-state index in [-0.39, 0.29) is 0 Å². The lowest BCUT2D eigenvalue weighted by atomic mass is 10.2. The molecule has 0 spiro atoms. The average Bonchev–Trinajstić information content (AvgIpc) is 2.71. The molecule has 0 unspecified atom stereocenters. The van der Waals surface area contributed by atoms with Crippen LogP contribution in [-0.2, 0) is 0 Å². The van der Waals surface area contributed by atoms with Crippen LogP contribution in [0.2, 0.25) is 0 Å². The first-order valence-corrected chi connectivity index (χ1v) is 5.11.